The fraction of sp³-hybridized carbons (Fsp3) is 0.387. The highest BCUT2D eigenvalue weighted by atomic mass is 32.3. The first-order valence-electron chi connectivity index (χ1n) is 14.4. The third kappa shape index (κ3) is 8.63. The highest BCUT2D eigenvalue weighted by Crippen LogP contribution is 2.51. The maximum absolute atomic E-state index is 16.0. The number of amides is 1. The predicted molar refractivity (Wildman–Crippen MR) is 165 cm³/mol. The van der Waals surface area contributed by atoms with Gasteiger partial charge in [-0.2, -0.15) is 13.2 Å². The zero-order valence-electron chi connectivity index (χ0n) is 24.3. The molecule has 13 heteroatoms. The third-order valence-electron chi connectivity index (χ3n) is 7.35. The molecule has 0 unspecified atom stereocenters. The van der Waals surface area contributed by atoms with Gasteiger partial charge in [-0.25, -0.2) is 4.39 Å². The minimum absolute atomic E-state index is 0.0396. The fourth-order valence-electron chi connectivity index (χ4n) is 5.11. The van der Waals surface area contributed by atoms with E-state index in [1.54, 1.807) is 12.1 Å². The summed E-state index contributed by atoms with van der Waals surface area (Å²) in [7, 11) is -3.27. The van der Waals surface area contributed by atoms with Crippen LogP contribution in [-0.2, 0) is 19.1 Å². The second kappa shape index (κ2) is 14.6. The predicted octanol–water partition coefficient (Wildman–Crippen LogP) is 6.03. The SMILES string of the molecule is CCNc1cc(C(=O)N[C@@H](Cc2ccccc2)[C@H](O)CNCc2cccc(C(F)(F)F)c2)c(F)c(N2CCCCS2(O)O)c1. The molecule has 1 aliphatic rings. The number of halogens is 4. The van der Waals surface area contributed by atoms with Gasteiger partial charge in [0.05, 0.1) is 34.7 Å². The van der Waals surface area contributed by atoms with E-state index in [9.17, 15) is 32.2 Å². The highest BCUT2D eigenvalue weighted by molar-refractivity contribution is 8.25. The molecule has 3 aromatic carbocycles. The van der Waals surface area contributed by atoms with Crippen molar-refractivity contribution < 1.29 is 36.6 Å². The Labute approximate surface area is 256 Å². The number of benzene rings is 3. The van der Waals surface area contributed by atoms with E-state index in [4.69, 9.17) is 0 Å². The van der Waals surface area contributed by atoms with Gasteiger partial charge in [-0.05, 0) is 55.5 Å². The smallest absolute Gasteiger partial charge is 0.390 e. The van der Waals surface area contributed by atoms with E-state index in [1.165, 1.54) is 28.6 Å². The van der Waals surface area contributed by atoms with Crippen LogP contribution in [0.4, 0.5) is 28.9 Å². The quantitative estimate of drug-likeness (QED) is 0.134. The Morgan fingerprint density at radius 2 is 1.75 bits per heavy atom. The van der Waals surface area contributed by atoms with E-state index < -0.39 is 46.4 Å². The average Bonchev–Trinajstić information content (AvgIpc) is 2.98. The van der Waals surface area contributed by atoms with Gasteiger partial charge in [-0.3, -0.25) is 18.2 Å². The van der Waals surface area contributed by atoms with Crippen LogP contribution in [0.25, 0.3) is 0 Å². The summed E-state index contributed by atoms with van der Waals surface area (Å²) in [4.78, 5) is 13.6. The minimum atomic E-state index is -4.48. The van der Waals surface area contributed by atoms with Crippen LogP contribution < -0.4 is 20.3 Å². The molecular weight excluding hydrogens is 600 g/mol. The van der Waals surface area contributed by atoms with Gasteiger partial charge in [-0.1, -0.05) is 48.5 Å². The molecule has 0 spiro atoms. The zero-order valence-corrected chi connectivity index (χ0v) is 25.1. The lowest BCUT2D eigenvalue weighted by molar-refractivity contribution is -0.137. The first kappa shape index (κ1) is 33.5. The molecule has 0 saturated carbocycles. The number of carbonyl (C=O) groups is 1. The van der Waals surface area contributed by atoms with Crippen molar-refractivity contribution in [2.75, 3.05) is 35.0 Å². The van der Waals surface area contributed by atoms with Crippen molar-refractivity contribution in [3.63, 3.8) is 0 Å². The van der Waals surface area contributed by atoms with Crippen LogP contribution in [0.3, 0.4) is 0 Å². The topological polar surface area (TPSA) is 117 Å². The number of rotatable bonds is 12. The van der Waals surface area contributed by atoms with E-state index in [1.807, 2.05) is 25.1 Å². The molecule has 0 radical (unpaired) electrons. The Bertz CT molecular complexity index is 1410. The highest BCUT2D eigenvalue weighted by Gasteiger charge is 2.33. The molecule has 1 amide bonds. The second-order valence-electron chi connectivity index (χ2n) is 10.7. The normalized spacial score (nSPS) is 17.0. The molecule has 3 aromatic rings. The molecule has 4 rings (SSSR count). The molecule has 0 aliphatic carbocycles. The van der Waals surface area contributed by atoms with Gasteiger partial charge in [0.1, 0.15) is 0 Å². The summed E-state index contributed by atoms with van der Waals surface area (Å²) in [5.74, 6) is -1.63. The first-order valence-corrected chi connectivity index (χ1v) is 16.1. The minimum Gasteiger partial charge on any atom is -0.390 e. The van der Waals surface area contributed by atoms with Crippen molar-refractivity contribution in [3.05, 3.63) is 94.8 Å². The number of anilines is 2. The van der Waals surface area contributed by atoms with Crippen molar-refractivity contribution in [2.45, 2.75) is 51.1 Å². The van der Waals surface area contributed by atoms with Crippen molar-refractivity contribution >= 4 is 28.1 Å². The van der Waals surface area contributed by atoms with E-state index in [-0.39, 0.29) is 43.1 Å². The van der Waals surface area contributed by atoms with Crippen molar-refractivity contribution in [1.82, 2.24) is 10.6 Å². The van der Waals surface area contributed by atoms with Crippen LogP contribution in [0.5, 0.6) is 0 Å². The van der Waals surface area contributed by atoms with Crippen LogP contribution in [0.15, 0.2) is 66.7 Å². The van der Waals surface area contributed by atoms with Crippen LogP contribution in [0, 0.1) is 5.82 Å². The van der Waals surface area contributed by atoms with Crippen molar-refractivity contribution in [1.29, 1.82) is 0 Å². The van der Waals surface area contributed by atoms with Gasteiger partial charge >= 0.3 is 6.18 Å². The summed E-state index contributed by atoms with van der Waals surface area (Å²) < 4.78 is 77.8. The monoisotopic (exact) mass is 638 g/mol. The van der Waals surface area contributed by atoms with Gasteiger partial charge < -0.3 is 21.1 Å². The summed E-state index contributed by atoms with van der Waals surface area (Å²) in [6, 6.07) is 15.8. The van der Waals surface area contributed by atoms with Gasteiger partial charge in [0, 0.05) is 31.9 Å². The summed E-state index contributed by atoms with van der Waals surface area (Å²) in [5.41, 5.74) is 0.364. The van der Waals surface area contributed by atoms with E-state index in [0.717, 1.165) is 17.7 Å². The molecule has 1 saturated heterocycles. The molecule has 240 valence electrons. The van der Waals surface area contributed by atoms with Crippen molar-refractivity contribution in [2.24, 2.45) is 0 Å². The van der Waals surface area contributed by atoms with Crippen LogP contribution in [0.2, 0.25) is 0 Å². The second-order valence-corrected chi connectivity index (χ2v) is 12.8. The largest absolute Gasteiger partial charge is 0.416 e. The Kier molecular flexibility index (Phi) is 11.1. The zero-order chi connectivity index (χ0) is 31.9. The van der Waals surface area contributed by atoms with Gasteiger partial charge in [0.2, 0.25) is 0 Å². The number of aliphatic hydroxyl groups excluding tert-OH is 1. The van der Waals surface area contributed by atoms with Crippen LogP contribution in [-0.4, -0.2) is 57.7 Å². The summed E-state index contributed by atoms with van der Waals surface area (Å²) >= 11 is 0. The molecule has 1 fully saturated rings. The Morgan fingerprint density at radius 1 is 1.02 bits per heavy atom. The third-order valence-corrected chi connectivity index (χ3v) is 9.27. The van der Waals surface area contributed by atoms with Crippen molar-refractivity contribution in [3.8, 4) is 0 Å². The lowest BCUT2D eigenvalue weighted by Crippen LogP contribution is -2.49. The maximum atomic E-state index is 16.0. The molecule has 44 heavy (non-hydrogen) atoms. The molecule has 6 N–H and O–H groups in total. The number of nitrogens with one attached hydrogen (secondary N) is 3. The summed E-state index contributed by atoms with van der Waals surface area (Å²) in [6.07, 6.45) is -4.28. The maximum Gasteiger partial charge on any atom is 0.416 e. The Hall–Kier alpha value is -3.36. The molecule has 2 atom stereocenters. The summed E-state index contributed by atoms with van der Waals surface area (Å²) in [6.45, 7) is 2.47. The molecule has 1 aliphatic heterocycles. The Balaban J connectivity index is 1.55. The van der Waals surface area contributed by atoms with Crippen LogP contribution in [0.1, 0.15) is 46.8 Å². The number of carbonyl (C=O) groups excluding carboxylic acids is 1. The lowest BCUT2D eigenvalue weighted by atomic mass is 10.00. The number of alkyl halides is 3. The van der Waals surface area contributed by atoms with E-state index >= 15 is 4.39 Å². The van der Waals surface area contributed by atoms with Gasteiger partial charge in [0.25, 0.3) is 5.91 Å². The van der Waals surface area contributed by atoms with E-state index in [2.05, 4.69) is 16.0 Å². The first-order chi connectivity index (χ1) is 20.9. The lowest BCUT2D eigenvalue weighted by Gasteiger charge is -2.47. The number of nitrogens with zero attached hydrogens (tertiary/aromatic N) is 1. The number of aliphatic hydroxyl groups is 1. The average molecular weight is 639 g/mol. The Morgan fingerprint density at radius 3 is 2.43 bits per heavy atom. The molecule has 0 aromatic heterocycles. The number of hydrogen-bond donors (Lipinski definition) is 6. The van der Waals surface area contributed by atoms with Crippen LogP contribution >= 0.6 is 10.8 Å². The molecule has 1 heterocycles. The summed E-state index contributed by atoms with van der Waals surface area (Å²) in [5, 5.41) is 19.9. The number of hydrogen-bond acceptors (Lipinski definition) is 7. The fourth-order valence-corrected chi connectivity index (χ4v) is 6.79. The van der Waals surface area contributed by atoms with E-state index in [0.29, 0.717) is 30.6 Å². The van der Waals surface area contributed by atoms with Gasteiger partial charge in [0.15, 0.2) is 5.82 Å². The standard InChI is InChI=1S/C31H38F4N4O4S/c1-2-37-24-17-25(29(32)27(18-24)39-13-6-7-14-44(39,42)43)30(41)38-26(16-21-9-4-3-5-10-21)28(40)20-36-19-22-11-8-12-23(15-22)31(33,34)35/h3-5,8-12,15,17-18,26,28,36-37,40,42-43H,2,6-7,13-14,16,19-20H2,1H3,(H,38,41)/t26-,28+/m0/s1. The molecule has 0 bridgehead atoms. The molecular formula is C31H38F4N4O4S. The molecule has 8 nitrogen and oxygen atoms in total. The van der Waals surface area contributed by atoms with Gasteiger partial charge in [-0.15, -0.1) is 10.8 Å².